The number of benzene rings is 1. The third kappa shape index (κ3) is 3.02. The first-order valence-corrected chi connectivity index (χ1v) is 6.82. The minimum atomic E-state index is -0.331. The molecule has 0 aliphatic heterocycles. The largest absolute Gasteiger partial charge is 0.374 e. The molecule has 0 spiro atoms. The number of aromatic nitrogens is 2. The number of carbonyl (C=O) groups excluding carboxylic acids is 1. The number of nitrogens with two attached hydrogens (primary N) is 1. The van der Waals surface area contributed by atoms with E-state index >= 15 is 0 Å². The van der Waals surface area contributed by atoms with Gasteiger partial charge >= 0.3 is 0 Å². The van der Waals surface area contributed by atoms with Crippen LogP contribution in [0.4, 0.5) is 10.8 Å². The third-order valence-corrected chi connectivity index (χ3v) is 3.71. The van der Waals surface area contributed by atoms with Crippen LogP contribution in [0.2, 0.25) is 0 Å². The van der Waals surface area contributed by atoms with E-state index in [0.717, 1.165) is 20.3 Å². The lowest BCUT2D eigenvalue weighted by Gasteiger charge is -2.05. The zero-order chi connectivity index (χ0) is 12.4. The predicted molar refractivity (Wildman–Crippen MR) is 74.1 cm³/mol. The molecule has 2 aromatic rings. The quantitative estimate of drug-likeness (QED) is 0.843. The van der Waals surface area contributed by atoms with Gasteiger partial charge in [-0.3, -0.25) is 4.79 Å². The summed E-state index contributed by atoms with van der Waals surface area (Å²) >= 11 is 7.73. The van der Waals surface area contributed by atoms with Gasteiger partial charge in [0.15, 0.2) is 0 Å². The van der Waals surface area contributed by atoms with Gasteiger partial charge in [0.1, 0.15) is 0 Å². The molecule has 5 nitrogen and oxygen atoms in total. The van der Waals surface area contributed by atoms with Crippen molar-refractivity contribution < 1.29 is 4.79 Å². The van der Waals surface area contributed by atoms with Crippen molar-refractivity contribution in [3.8, 4) is 0 Å². The Kier molecular flexibility index (Phi) is 3.75. The highest BCUT2D eigenvalue weighted by atomic mass is 79.9. The molecule has 1 heterocycles. The van der Waals surface area contributed by atoms with Crippen LogP contribution in [0.5, 0.6) is 0 Å². The molecule has 0 atom stereocenters. The number of hydrogen-bond donors (Lipinski definition) is 2. The van der Waals surface area contributed by atoms with E-state index in [1.54, 1.807) is 6.07 Å². The van der Waals surface area contributed by atoms with Crippen LogP contribution in [0.1, 0.15) is 9.80 Å². The number of nitrogen functional groups attached to an aromatic ring is 1. The summed E-state index contributed by atoms with van der Waals surface area (Å²) in [6.45, 7) is 0. The Labute approximate surface area is 118 Å². The average Bonchev–Trinajstić information content (AvgIpc) is 2.69. The van der Waals surface area contributed by atoms with Crippen molar-refractivity contribution in [3.05, 3.63) is 32.2 Å². The molecule has 0 saturated heterocycles. The Morgan fingerprint density at radius 3 is 2.71 bits per heavy atom. The van der Waals surface area contributed by atoms with Crippen molar-refractivity contribution >= 4 is 59.9 Å². The maximum Gasteiger partial charge on any atom is 0.286 e. The molecule has 0 aliphatic rings. The van der Waals surface area contributed by atoms with Gasteiger partial charge in [0.25, 0.3) is 5.91 Å². The van der Waals surface area contributed by atoms with Gasteiger partial charge in [-0.15, -0.1) is 10.2 Å². The Morgan fingerprint density at radius 2 is 2.12 bits per heavy atom. The van der Waals surface area contributed by atoms with Crippen LogP contribution in [-0.2, 0) is 0 Å². The number of nitrogens with zero attached hydrogens (tertiary/aromatic N) is 2. The van der Waals surface area contributed by atoms with Gasteiger partial charge < -0.3 is 11.1 Å². The van der Waals surface area contributed by atoms with Gasteiger partial charge in [0.05, 0.1) is 5.69 Å². The number of anilines is 2. The number of halogens is 2. The molecular formula is C9H6Br2N4OS. The molecule has 3 N–H and O–H groups in total. The highest BCUT2D eigenvalue weighted by Gasteiger charge is 2.13. The number of hydrogen-bond acceptors (Lipinski definition) is 5. The second-order valence-electron chi connectivity index (χ2n) is 3.02. The summed E-state index contributed by atoms with van der Waals surface area (Å²) < 4.78 is 1.69. The van der Waals surface area contributed by atoms with Crippen molar-refractivity contribution in [1.82, 2.24) is 10.2 Å². The Bertz CT molecular complexity index is 572. The Hall–Kier alpha value is -0.990. The van der Waals surface area contributed by atoms with Crippen molar-refractivity contribution in [2.75, 3.05) is 11.1 Å². The molecule has 0 fully saturated rings. The molecule has 0 bridgehead atoms. The lowest BCUT2D eigenvalue weighted by atomic mass is 10.3. The maximum absolute atomic E-state index is 11.8. The first-order valence-electron chi connectivity index (χ1n) is 4.41. The van der Waals surface area contributed by atoms with Gasteiger partial charge in [0.2, 0.25) is 10.1 Å². The van der Waals surface area contributed by atoms with Crippen LogP contribution in [0, 0.1) is 0 Å². The molecule has 1 aromatic heterocycles. The fraction of sp³-hybridized carbons (Fsp3) is 0. The summed E-state index contributed by atoms with van der Waals surface area (Å²) in [7, 11) is 0. The summed E-state index contributed by atoms with van der Waals surface area (Å²) in [5.74, 6) is -0.331. The maximum atomic E-state index is 11.8. The molecule has 17 heavy (non-hydrogen) atoms. The molecule has 0 unspecified atom stereocenters. The fourth-order valence-corrected chi connectivity index (χ4v) is 2.74. The Morgan fingerprint density at radius 1 is 1.35 bits per heavy atom. The number of rotatable bonds is 2. The van der Waals surface area contributed by atoms with E-state index < -0.39 is 0 Å². The minimum absolute atomic E-state index is 0.234. The summed E-state index contributed by atoms with van der Waals surface area (Å²) in [6, 6.07) is 5.44. The second kappa shape index (κ2) is 5.11. The van der Waals surface area contributed by atoms with Crippen LogP contribution in [-0.4, -0.2) is 16.1 Å². The number of amides is 1. The standard InChI is InChI=1S/C9H6Br2N4OS/c10-4-1-2-6(5(11)3-4)13-7(16)8-14-15-9(12)17-8/h1-3H,(H2,12,15)(H,13,16). The summed E-state index contributed by atoms with van der Waals surface area (Å²) in [6.07, 6.45) is 0. The second-order valence-corrected chi connectivity index (χ2v) is 5.80. The van der Waals surface area contributed by atoms with Crippen molar-refractivity contribution in [1.29, 1.82) is 0 Å². The fourth-order valence-electron chi connectivity index (χ4n) is 1.09. The highest BCUT2D eigenvalue weighted by Crippen LogP contribution is 2.26. The molecule has 1 amide bonds. The monoisotopic (exact) mass is 376 g/mol. The van der Waals surface area contributed by atoms with E-state index in [1.165, 1.54) is 0 Å². The van der Waals surface area contributed by atoms with Gasteiger partial charge in [-0.05, 0) is 34.1 Å². The van der Waals surface area contributed by atoms with Gasteiger partial charge in [-0.2, -0.15) is 0 Å². The van der Waals surface area contributed by atoms with Gasteiger partial charge in [-0.1, -0.05) is 27.3 Å². The minimum Gasteiger partial charge on any atom is -0.374 e. The number of carbonyl (C=O) groups is 1. The SMILES string of the molecule is Nc1nnc(C(=O)Nc2ccc(Br)cc2Br)s1. The van der Waals surface area contributed by atoms with Gasteiger partial charge in [-0.25, -0.2) is 0 Å². The molecule has 88 valence electrons. The van der Waals surface area contributed by atoms with Gasteiger partial charge in [0, 0.05) is 8.95 Å². The van der Waals surface area contributed by atoms with E-state index in [0.29, 0.717) is 5.69 Å². The lowest BCUT2D eigenvalue weighted by molar-refractivity contribution is 0.102. The van der Waals surface area contributed by atoms with Crippen LogP contribution < -0.4 is 11.1 Å². The first-order chi connectivity index (χ1) is 8.06. The first kappa shape index (κ1) is 12.5. The topological polar surface area (TPSA) is 80.9 Å². The Balaban J connectivity index is 2.18. The lowest BCUT2D eigenvalue weighted by Crippen LogP contribution is -2.11. The smallest absolute Gasteiger partial charge is 0.286 e. The molecule has 0 saturated carbocycles. The summed E-state index contributed by atoms with van der Waals surface area (Å²) in [5.41, 5.74) is 6.07. The molecule has 1 aromatic carbocycles. The third-order valence-electron chi connectivity index (χ3n) is 1.81. The van der Waals surface area contributed by atoms with E-state index in [9.17, 15) is 4.79 Å². The average molecular weight is 378 g/mol. The molecule has 0 radical (unpaired) electrons. The summed E-state index contributed by atoms with van der Waals surface area (Å²) in [4.78, 5) is 11.8. The van der Waals surface area contributed by atoms with Crippen LogP contribution in [0.3, 0.4) is 0 Å². The number of nitrogens with one attached hydrogen (secondary N) is 1. The normalized spacial score (nSPS) is 10.2. The van der Waals surface area contributed by atoms with E-state index in [-0.39, 0.29) is 16.0 Å². The van der Waals surface area contributed by atoms with E-state index in [4.69, 9.17) is 5.73 Å². The van der Waals surface area contributed by atoms with Crippen molar-refractivity contribution in [2.24, 2.45) is 0 Å². The van der Waals surface area contributed by atoms with Crippen molar-refractivity contribution in [3.63, 3.8) is 0 Å². The molecular weight excluding hydrogens is 372 g/mol. The molecule has 8 heteroatoms. The van der Waals surface area contributed by atoms with Crippen LogP contribution in [0.25, 0.3) is 0 Å². The van der Waals surface area contributed by atoms with E-state index in [1.807, 2.05) is 12.1 Å². The van der Waals surface area contributed by atoms with Crippen LogP contribution >= 0.6 is 43.2 Å². The predicted octanol–water partition coefficient (Wildman–Crippen LogP) is 2.90. The molecule has 2 rings (SSSR count). The highest BCUT2D eigenvalue weighted by molar-refractivity contribution is 9.11. The van der Waals surface area contributed by atoms with Crippen molar-refractivity contribution in [2.45, 2.75) is 0 Å². The summed E-state index contributed by atoms with van der Waals surface area (Å²) in [5, 5.41) is 10.5. The zero-order valence-corrected chi connectivity index (χ0v) is 12.3. The molecule has 0 aliphatic carbocycles. The van der Waals surface area contributed by atoms with Crippen LogP contribution in [0.15, 0.2) is 27.1 Å². The van der Waals surface area contributed by atoms with E-state index in [2.05, 4.69) is 47.4 Å². The zero-order valence-electron chi connectivity index (χ0n) is 8.28.